The molecule has 3 aromatic rings. The molecule has 4 rings (SSSR count). The average molecular weight is 347 g/mol. The minimum Gasteiger partial charge on any atom is -0.358 e. The Balaban J connectivity index is 1.69. The summed E-state index contributed by atoms with van der Waals surface area (Å²) in [5.74, 6) is -0.469. The summed E-state index contributed by atoms with van der Waals surface area (Å²) in [5.41, 5.74) is 5.25. The Morgan fingerprint density at radius 2 is 2.08 bits per heavy atom. The molecule has 0 saturated carbocycles. The lowest BCUT2D eigenvalue weighted by Crippen LogP contribution is -2.31. The van der Waals surface area contributed by atoms with Gasteiger partial charge in [0.25, 0.3) is 5.91 Å². The van der Waals surface area contributed by atoms with E-state index in [4.69, 9.17) is 0 Å². The summed E-state index contributed by atoms with van der Waals surface area (Å²) in [6, 6.07) is 12.9. The van der Waals surface area contributed by atoms with Crippen molar-refractivity contribution in [2.24, 2.45) is 0 Å². The SMILES string of the molecule is Cc1ccccc1/C=C(\F)c1cc(-c2cc3c([nH]2)CCNC3=O)ccn1. The van der Waals surface area contributed by atoms with E-state index in [0.717, 1.165) is 34.5 Å². The third-order valence-electron chi connectivity index (χ3n) is 4.59. The van der Waals surface area contributed by atoms with E-state index in [1.807, 2.05) is 37.3 Å². The zero-order chi connectivity index (χ0) is 18.1. The fourth-order valence-electron chi connectivity index (χ4n) is 3.14. The number of pyridine rings is 1. The summed E-state index contributed by atoms with van der Waals surface area (Å²) in [7, 11) is 0. The van der Waals surface area contributed by atoms with Gasteiger partial charge in [0.05, 0.1) is 11.3 Å². The Morgan fingerprint density at radius 3 is 2.88 bits per heavy atom. The van der Waals surface area contributed by atoms with Gasteiger partial charge in [0, 0.05) is 36.1 Å². The Hall–Kier alpha value is -3.21. The summed E-state index contributed by atoms with van der Waals surface area (Å²) in [6.45, 7) is 2.57. The number of rotatable bonds is 3. The summed E-state index contributed by atoms with van der Waals surface area (Å²) >= 11 is 0. The van der Waals surface area contributed by atoms with Gasteiger partial charge in [-0.15, -0.1) is 0 Å². The van der Waals surface area contributed by atoms with Crippen molar-refractivity contribution in [2.75, 3.05) is 6.54 Å². The largest absolute Gasteiger partial charge is 0.358 e. The van der Waals surface area contributed by atoms with Crippen molar-refractivity contribution < 1.29 is 9.18 Å². The molecule has 0 unspecified atom stereocenters. The maximum Gasteiger partial charge on any atom is 0.253 e. The van der Waals surface area contributed by atoms with Crippen LogP contribution in [0.15, 0.2) is 48.7 Å². The molecule has 1 amide bonds. The Labute approximate surface area is 150 Å². The molecule has 5 heteroatoms. The number of aryl methyl sites for hydroxylation is 1. The van der Waals surface area contributed by atoms with Gasteiger partial charge in [-0.1, -0.05) is 24.3 Å². The van der Waals surface area contributed by atoms with Gasteiger partial charge in [0.15, 0.2) is 0 Å². The van der Waals surface area contributed by atoms with Gasteiger partial charge >= 0.3 is 0 Å². The number of nitrogens with one attached hydrogen (secondary N) is 2. The van der Waals surface area contributed by atoms with E-state index in [1.165, 1.54) is 6.08 Å². The fourth-order valence-corrected chi connectivity index (χ4v) is 3.14. The topological polar surface area (TPSA) is 57.8 Å². The van der Waals surface area contributed by atoms with Crippen LogP contribution in [0.3, 0.4) is 0 Å². The number of carbonyl (C=O) groups excluding carboxylic acids is 1. The zero-order valence-corrected chi connectivity index (χ0v) is 14.3. The summed E-state index contributed by atoms with van der Waals surface area (Å²) in [6.07, 6.45) is 3.84. The highest BCUT2D eigenvalue weighted by Crippen LogP contribution is 2.27. The van der Waals surface area contributed by atoms with Crippen LogP contribution in [0.2, 0.25) is 0 Å². The molecule has 2 N–H and O–H groups in total. The van der Waals surface area contributed by atoms with E-state index in [9.17, 15) is 9.18 Å². The standard InChI is InChI=1S/C21H18FN3O/c1-13-4-2-3-5-14(13)10-17(22)20-11-15(6-8-23-20)19-12-16-18(25-19)7-9-24-21(16)26/h2-6,8,10-12,25H,7,9H2,1H3,(H,24,26)/b17-10-. The van der Waals surface area contributed by atoms with Crippen LogP contribution in [0.25, 0.3) is 23.2 Å². The number of nitrogens with zero attached hydrogens (tertiary/aromatic N) is 1. The molecule has 0 aliphatic carbocycles. The van der Waals surface area contributed by atoms with Crippen molar-refractivity contribution in [3.8, 4) is 11.3 Å². The van der Waals surface area contributed by atoms with Crippen molar-refractivity contribution in [3.05, 3.63) is 76.7 Å². The predicted octanol–water partition coefficient (Wildman–Crippen LogP) is 4.14. The fraction of sp³-hybridized carbons (Fsp3) is 0.143. The van der Waals surface area contributed by atoms with Crippen molar-refractivity contribution >= 4 is 17.8 Å². The molecule has 130 valence electrons. The molecule has 26 heavy (non-hydrogen) atoms. The summed E-state index contributed by atoms with van der Waals surface area (Å²) in [4.78, 5) is 19.4. The van der Waals surface area contributed by atoms with E-state index in [0.29, 0.717) is 12.1 Å². The second-order valence-electron chi connectivity index (χ2n) is 6.36. The van der Waals surface area contributed by atoms with Gasteiger partial charge in [-0.3, -0.25) is 9.78 Å². The van der Waals surface area contributed by atoms with E-state index < -0.39 is 5.83 Å². The molecule has 3 heterocycles. The normalized spacial score (nSPS) is 14.1. The smallest absolute Gasteiger partial charge is 0.253 e. The van der Waals surface area contributed by atoms with Gasteiger partial charge in [-0.25, -0.2) is 4.39 Å². The van der Waals surface area contributed by atoms with E-state index in [1.54, 1.807) is 18.3 Å². The minimum absolute atomic E-state index is 0.0753. The lowest BCUT2D eigenvalue weighted by atomic mass is 10.1. The third-order valence-corrected chi connectivity index (χ3v) is 4.59. The van der Waals surface area contributed by atoms with Crippen molar-refractivity contribution in [1.29, 1.82) is 0 Å². The highest BCUT2D eigenvalue weighted by Gasteiger charge is 2.20. The molecule has 2 aromatic heterocycles. The van der Waals surface area contributed by atoms with Crippen LogP contribution in [0.5, 0.6) is 0 Å². The first-order chi connectivity index (χ1) is 12.6. The van der Waals surface area contributed by atoms with Crippen LogP contribution in [0.4, 0.5) is 4.39 Å². The lowest BCUT2D eigenvalue weighted by Gasteiger charge is -2.10. The minimum atomic E-state index is -0.393. The number of aromatic nitrogens is 2. The van der Waals surface area contributed by atoms with Gasteiger partial charge in [-0.05, 0) is 42.3 Å². The Bertz CT molecular complexity index is 1020. The maximum atomic E-state index is 14.7. The van der Waals surface area contributed by atoms with Crippen molar-refractivity contribution in [1.82, 2.24) is 15.3 Å². The van der Waals surface area contributed by atoms with Crippen LogP contribution >= 0.6 is 0 Å². The Kier molecular flexibility index (Phi) is 4.13. The molecular weight excluding hydrogens is 329 g/mol. The number of halogens is 1. The quantitative estimate of drug-likeness (QED) is 0.748. The molecule has 1 aliphatic heterocycles. The van der Waals surface area contributed by atoms with Crippen LogP contribution in [-0.4, -0.2) is 22.4 Å². The first-order valence-electron chi connectivity index (χ1n) is 8.51. The van der Waals surface area contributed by atoms with E-state index in [2.05, 4.69) is 15.3 Å². The highest BCUT2D eigenvalue weighted by atomic mass is 19.1. The summed E-state index contributed by atoms with van der Waals surface area (Å²) in [5, 5.41) is 2.82. The molecule has 0 spiro atoms. The molecule has 0 atom stereocenters. The molecule has 4 nitrogen and oxygen atoms in total. The van der Waals surface area contributed by atoms with Crippen LogP contribution < -0.4 is 5.32 Å². The first kappa shape index (κ1) is 16.3. The molecule has 1 aromatic carbocycles. The van der Waals surface area contributed by atoms with Crippen LogP contribution in [0.1, 0.15) is 32.9 Å². The maximum absolute atomic E-state index is 14.7. The number of hydrogen-bond acceptors (Lipinski definition) is 2. The number of aromatic amines is 1. The molecule has 0 bridgehead atoms. The predicted molar refractivity (Wildman–Crippen MR) is 100 cm³/mol. The first-order valence-corrected chi connectivity index (χ1v) is 8.51. The number of benzene rings is 1. The molecule has 1 aliphatic rings. The number of hydrogen-bond donors (Lipinski definition) is 2. The lowest BCUT2D eigenvalue weighted by molar-refractivity contribution is 0.0946. The highest BCUT2D eigenvalue weighted by molar-refractivity contribution is 5.97. The van der Waals surface area contributed by atoms with Gasteiger partial charge < -0.3 is 10.3 Å². The number of fused-ring (bicyclic) bond motifs is 1. The van der Waals surface area contributed by atoms with E-state index in [-0.39, 0.29) is 11.6 Å². The molecule has 0 radical (unpaired) electrons. The second-order valence-corrected chi connectivity index (χ2v) is 6.36. The van der Waals surface area contributed by atoms with Crippen LogP contribution in [-0.2, 0) is 6.42 Å². The van der Waals surface area contributed by atoms with Gasteiger partial charge in [0.2, 0.25) is 0 Å². The number of carbonyl (C=O) groups is 1. The van der Waals surface area contributed by atoms with Crippen LogP contribution in [0, 0.1) is 6.92 Å². The number of H-pyrrole nitrogens is 1. The number of amides is 1. The monoisotopic (exact) mass is 347 g/mol. The second kappa shape index (κ2) is 6.59. The molecule has 0 fully saturated rings. The Morgan fingerprint density at radius 1 is 1.23 bits per heavy atom. The van der Waals surface area contributed by atoms with E-state index >= 15 is 0 Å². The van der Waals surface area contributed by atoms with Gasteiger partial charge in [-0.2, -0.15) is 0 Å². The zero-order valence-electron chi connectivity index (χ0n) is 14.3. The average Bonchev–Trinajstić information content (AvgIpc) is 3.09. The third kappa shape index (κ3) is 3.04. The van der Waals surface area contributed by atoms with Crippen molar-refractivity contribution in [2.45, 2.75) is 13.3 Å². The summed E-state index contributed by atoms with van der Waals surface area (Å²) < 4.78 is 14.7. The molecule has 0 saturated heterocycles. The van der Waals surface area contributed by atoms with Gasteiger partial charge in [0.1, 0.15) is 5.83 Å². The molecular formula is C21H18FN3O. The van der Waals surface area contributed by atoms with Crippen molar-refractivity contribution in [3.63, 3.8) is 0 Å².